The van der Waals surface area contributed by atoms with Gasteiger partial charge in [-0.1, -0.05) is 24.3 Å². The molecule has 36 heavy (non-hydrogen) atoms. The molecular formula is C29H30FN3O3. The second-order valence-corrected chi connectivity index (χ2v) is 9.94. The molecule has 5 rings (SSSR count). The van der Waals surface area contributed by atoms with E-state index in [4.69, 9.17) is 4.74 Å². The minimum absolute atomic E-state index is 0.0597. The number of ketones is 1. The normalized spacial score (nSPS) is 17.1. The minimum Gasteiger partial charge on any atom is -0.486 e. The van der Waals surface area contributed by atoms with Gasteiger partial charge < -0.3 is 15.0 Å². The lowest BCUT2D eigenvalue weighted by Gasteiger charge is -2.45. The molecule has 2 aliphatic heterocycles. The minimum atomic E-state index is -0.592. The number of ether oxygens (including phenoxy) is 1. The van der Waals surface area contributed by atoms with Crippen molar-refractivity contribution in [3.8, 4) is 16.9 Å². The van der Waals surface area contributed by atoms with E-state index in [9.17, 15) is 14.0 Å². The number of benzene rings is 2. The molecule has 0 bridgehead atoms. The van der Waals surface area contributed by atoms with Crippen molar-refractivity contribution < 1.29 is 18.7 Å². The third kappa shape index (κ3) is 4.88. The van der Waals surface area contributed by atoms with Crippen LogP contribution in [-0.2, 0) is 6.54 Å². The predicted octanol–water partition coefficient (Wildman–Crippen LogP) is 5.03. The molecule has 0 radical (unpaired) electrons. The Morgan fingerprint density at radius 3 is 2.53 bits per heavy atom. The van der Waals surface area contributed by atoms with Gasteiger partial charge in [0.05, 0.1) is 12.0 Å². The molecule has 1 spiro atoms. The highest BCUT2D eigenvalue weighted by molar-refractivity contribution is 6.01. The monoisotopic (exact) mass is 487 g/mol. The van der Waals surface area contributed by atoms with Crippen molar-refractivity contribution >= 4 is 11.7 Å². The van der Waals surface area contributed by atoms with Crippen LogP contribution < -0.4 is 10.1 Å². The number of pyridine rings is 1. The molecule has 186 valence electrons. The van der Waals surface area contributed by atoms with Gasteiger partial charge in [-0.2, -0.15) is 4.39 Å². The molecular weight excluding hydrogens is 457 g/mol. The lowest BCUT2D eigenvalue weighted by atomic mass is 9.81. The van der Waals surface area contributed by atoms with Gasteiger partial charge in [0.15, 0.2) is 5.78 Å². The highest BCUT2D eigenvalue weighted by Crippen LogP contribution is 2.41. The average Bonchev–Trinajstić information content (AvgIpc) is 2.88. The van der Waals surface area contributed by atoms with E-state index in [2.05, 4.69) is 29.0 Å². The summed E-state index contributed by atoms with van der Waals surface area (Å²) in [5.41, 5.74) is 2.80. The van der Waals surface area contributed by atoms with Crippen LogP contribution in [0.15, 0.2) is 60.8 Å². The van der Waals surface area contributed by atoms with Gasteiger partial charge in [-0.15, -0.1) is 0 Å². The maximum atomic E-state index is 13.7. The van der Waals surface area contributed by atoms with E-state index in [1.807, 2.05) is 30.3 Å². The van der Waals surface area contributed by atoms with Crippen molar-refractivity contribution in [3.63, 3.8) is 0 Å². The highest BCUT2D eigenvalue weighted by Gasteiger charge is 2.43. The van der Waals surface area contributed by atoms with Crippen LogP contribution in [0.4, 0.5) is 4.39 Å². The smallest absolute Gasteiger partial charge is 0.251 e. The van der Waals surface area contributed by atoms with Gasteiger partial charge in [-0.3, -0.25) is 9.59 Å². The molecule has 2 aromatic carbocycles. The largest absolute Gasteiger partial charge is 0.486 e. The van der Waals surface area contributed by atoms with Crippen LogP contribution in [0.2, 0.25) is 0 Å². The number of nitrogens with one attached hydrogen (secondary N) is 1. The first-order valence-electron chi connectivity index (χ1n) is 12.4. The molecule has 0 aliphatic carbocycles. The second-order valence-electron chi connectivity index (χ2n) is 9.94. The highest BCUT2D eigenvalue weighted by atomic mass is 19.1. The number of hydrogen-bond donors (Lipinski definition) is 1. The Hall–Kier alpha value is -3.58. The summed E-state index contributed by atoms with van der Waals surface area (Å²) < 4.78 is 20.1. The first-order valence-corrected chi connectivity index (χ1v) is 12.4. The molecule has 3 aromatic rings. The van der Waals surface area contributed by atoms with Crippen molar-refractivity contribution in [2.75, 3.05) is 13.1 Å². The predicted molar refractivity (Wildman–Crippen MR) is 135 cm³/mol. The van der Waals surface area contributed by atoms with E-state index in [1.165, 1.54) is 6.20 Å². The topological polar surface area (TPSA) is 71.5 Å². The molecule has 1 amide bonds. The summed E-state index contributed by atoms with van der Waals surface area (Å²) in [5, 5.41) is 2.72. The maximum Gasteiger partial charge on any atom is 0.251 e. The van der Waals surface area contributed by atoms with Gasteiger partial charge in [0.2, 0.25) is 5.95 Å². The lowest BCUT2D eigenvalue weighted by molar-refractivity contribution is -0.0153. The van der Waals surface area contributed by atoms with E-state index >= 15 is 0 Å². The Bertz CT molecular complexity index is 1280. The number of piperidine rings is 1. The van der Waals surface area contributed by atoms with E-state index in [-0.39, 0.29) is 18.2 Å². The summed E-state index contributed by atoms with van der Waals surface area (Å²) in [5.74, 6) is -0.111. The number of carbonyl (C=O) groups excluding carboxylic acids is 2. The van der Waals surface area contributed by atoms with Gasteiger partial charge in [0, 0.05) is 55.8 Å². The summed E-state index contributed by atoms with van der Waals surface area (Å²) in [6, 6.07) is 16.6. The van der Waals surface area contributed by atoms with Gasteiger partial charge in [0.25, 0.3) is 5.91 Å². The van der Waals surface area contributed by atoms with Crippen LogP contribution >= 0.6 is 0 Å². The van der Waals surface area contributed by atoms with Crippen LogP contribution in [0, 0.1) is 5.95 Å². The van der Waals surface area contributed by atoms with Crippen molar-refractivity contribution in [2.45, 2.75) is 51.3 Å². The Labute approximate surface area is 210 Å². The Balaban J connectivity index is 1.27. The number of aromatic nitrogens is 1. The zero-order valence-corrected chi connectivity index (χ0v) is 20.6. The summed E-state index contributed by atoms with van der Waals surface area (Å²) in [6.45, 7) is 6.34. The molecule has 6 nitrogen and oxygen atoms in total. The molecule has 2 aliphatic rings. The molecule has 0 atom stereocenters. The maximum absolute atomic E-state index is 13.7. The average molecular weight is 488 g/mol. The second kappa shape index (κ2) is 9.82. The number of rotatable bonds is 5. The van der Waals surface area contributed by atoms with Crippen LogP contribution in [0.3, 0.4) is 0 Å². The van der Waals surface area contributed by atoms with Crippen LogP contribution in [0.5, 0.6) is 5.75 Å². The van der Waals surface area contributed by atoms with E-state index in [1.54, 1.807) is 24.3 Å². The van der Waals surface area contributed by atoms with Crippen LogP contribution in [0.25, 0.3) is 11.1 Å². The number of Topliss-reactive ketones (excluding diaryl/α,β-unsaturated/α-hetero) is 1. The Morgan fingerprint density at radius 2 is 1.83 bits per heavy atom. The molecule has 0 unspecified atom stereocenters. The van der Waals surface area contributed by atoms with E-state index in [0.717, 1.165) is 37.1 Å². The molecule has 7 heteroatoms. The van der Waals surface area contributed by atoms with Gasteiger partial charge in [0.1, 0.15) is 11.4 Å². The molecule has 1 saturated heterocycles. The number of amides is 1. The van der Waals surface area contributed by atoms with Crippen molar-refractivity contribution in [3.05, 3.63) is 83.4 Å². The molecule has 1 fully saturated rings. The summed E-state index contributed by atoms with van der Waals surface area (Å²) in [6.07, 6.45) is 3.49. The van der Waals surface area contributed by atoms with Gasteiger partial charge in [-0.25, -0.2) is 4.98 Å². The SMILES string of the molecule is CC(C)N1CCC2(CC1)CC(=O)c1cc(-c3ccc(C(=O)NCc4cccnc4F)cc3)ccc1O2. The van der Waals surface area contributed by atoms with Crippen LogP contribution in [-0.4, -0.2) is 46.3 Å². The molecule has 1 aromatic heterocycles. The number of halogens is 1. The number of fused-ring (bicyclic) bond motifs is 1. The number of nitrogens with zero attached hydrogens (tertiary/aromatic N) is 2. The number of carbonyl (C=O) groups is 2. The summed E-state index contributed by atoms with van der Waals surface area (Å²) in [7, 11) is 0. The third-order valence-corrected chi connectivity index (χ3v) is 7.28. The molecule has 0 saturated carbocycles. The van der Waals surface area contributed by atoms with Crippen LogP contribution in [0.1, 0.15) is 59.4 Å². The Kier molecular flexibility index (Phi) is 6.58. The summed E-state index contributed by atoms with van der Waals surface area (Å²) >= 11 is 0. The number of hydrogen-bond acceptors (Lipinski definition) is 5. The standard InChI is InChI=1S/C29H30FN3O3/c1-19(2)33-14-11-29(12-15-33)17-25(34)24-16-22(9-10-26(24)36-29)20-5-7-21(8-6-20)28(35)32-18-23-4-3-13-31-27(23)30/h3-10,13,16,19H,11-12,14-15,17-18H2,1-2H3,(H,32,35). The van der Waals surface area contributed by atoms with Gasteiger partial charge >= 0.3 is 0 Å². The third-order valence-electron chi connectivity index (χ3n) is 7.28. The number of likely N-dealkylation sites (tertiary alicyclic amines) is 1. The summed E-state index contributed by atoms with van der Waals surface area (Å²) in [4.78, 5) is 31.7. The fourth-order valence-corrected chi connectivity index (χ4v) is 5.04. The lowest BCUT2D eigenvalue weighted by Crippen LogP contribution is -2.52. The first kappa shape index (κ1) is 24.1. The quantitative estimate of drug-likeness (QED) is 0.512. The zero-order chi connectivity index (χ0) is 25.3. The Morgan fingerprint density at radius 1 is 1.11 bits per heavy atom. The fourth-order valence-electron chi connectivity index (χ4n) is 5.04. The zero-order valence-electron chi connectivity index (χ0n) is 20.6. The van der Waals surface area contributed by atoms with Crippen molar-refractivity contribution in [1.82, 2.24) is 15.2 Å². The van der Waals surface area contributed by atoms with Gasteiger partial charge in [-0.05, 0) is 55.3 Å². The molecule has 3 heterocycles. The first-order chi connectivity index (χ1) is 17.3. The molecule has 1 N–H and O–H groups in total. The fraction of sp³-hybridized carbons (Fsp3) is 0.345. The van der Waals surface area contributed by atoms with Crippen molar-refractivity contribution in [1.29, 1.82) is 0 Å². The van der Waals surface area contributed by atoms with Crippen molar-refractivity contribution in [2.24, 2.45) is 0 Å². The van der Waals surface area contributed by atoms with E-state index in [0.29, 0.717) is 34.9 Å². The van der Waals surface area contributed by atoms with E-state index < -0.39 is 11.5 Å².